The number of carbonyl (C=O) groups excluding carboxylic acids is 3. The molecule has 4 aliphatic rings. The van der Waals surface area contributed by atoms with Crippen molar-refractivity contribution in [1.82, 2.24) is 30.2 Å². The molecular formula is C39H48N6O10S. The highest BCUT2D eigenvalue weighted by Gasteiger charge is 2.63. The number of oxazole rings is 1. The van der Waals surface area contributed by atoms with E-state index < -0.39 is 68.2 Å². The van der Waals surface area contributed by atoms with E-state index >= 15 is 0 Å². The number of benzene rings is 1. The minimum atomic E-state index is -4.02. The van der Waals surface area contributed by atoms with Crippen LogP contribution in [0, 0.1) is 17.8 Å². The highest BCUT2D eigenvalue weighted by Crippen LogP contribution is 2.48. The summed E-state index contributed by atoms with van der Waals surface area (Å²) in [5.74, 6) is -1.59. The number of hydrogen-bond donors (Lipinski definition) is 4. The van der Waals surface area contributed by atoms with Crippen LogP contribution < -0.4 is 24.8 Å². The Morgan fingerprint density at radius 3 is 2.62 bits per heavy atom. The summed E-state index contributed by atoms with van der Waals surface area (Å²) in [6, 6.07) is 2.97. The number of carbonyl (C=O) groups is 4. The van der Waals surface area contributed by atoms with Gasteiger partial charge in [-0.05, 0) is 75.5 Å². The maximum absolute atomic E-state index is 14.6. The van der Waals surface area contributed by atoms with Gasteiger partial charge in [-0.3, -0.25) is 19.1 Å². The van der Waals surface area contributed by atoms with E-state index in [1.54, 1.807) is 44.6 Å². The summed E-state index contributed by atoms with van der Waals surface area (Å²) in [4.78, 5) is 65.1. The van der Waals surface area contributed by atoms with E-state index in [1.165, 1.54) is 11.3 Å². The number of fused-ring (bicyclic) bond motifs is 3. The number of aromatic nitrogens is 2. The van der Waals surface area contributed by atoms with Gasteiger partial charge in [0.05, 0.1) is 24.6 Å². The zero-order chi connectivity index (χ0) is 40.0. The van der Waals surface area contributed by atoms with E-state index in [2.05, 4.69) is 25.3 Å². The Balaban J connectivity index is 1.24. The molecule has 17 heteroatoms. The minimum Gasteiger partial charge on any atom is -0.497 e. The van der Waals surface area contributed by atoms with Crippen LogP contribution in [0.3, 0.4) is 0 Å². The number of pyridine rings is 1. The minimum absolute atomic E-state index is 0.0255. The third-order valence-corrected chi connectivity index (χ3v) is 14.1. The van der Waals surface area contributed by atoms with Crippen LogP contribution in [0.2, 0.25) is 0 Å². The van der Waals surface area contributed by atoms with Crippen molar-refractivity contribution < 1.29 is 46.6 Å². The van der Waals surface area contributed by atoms with Crippen LogP contribution in [0.1, 0.15) is 72.1 Å². The van der Waals surface area contributed by atoms with Crippen molar-refractivity contribution in [1.29, 1.82) is 0 Å². The predicted octanol–water partition coefficient (Wildman–Crippen LogP) is 4.16. The molecule has 2 aromatic heterocycles. The fourth-order valence-corrected chi connectivity index (χ4v) is 9.38. The molecule has 7 rings (SSSR count). The fraction of sp³-hybridized carbons (Fsp3) is 0.538. The largest absolute Gasteiger partial charge is 0.497 e. The zero-order valence-electron chi connectivity index (χ0n) is 31.8. The van der Waals surface area contributed by atoms with Gasteiger partial charge in [0.25, 0.3) is 5.91 Å². The Hall–Kier alpha value is -5.19. The molecule has 0 radical (unpaired) electrons. The van der Waals surface area contributed by atoms with Crippen LogP contribution in [0.25, 0.3) is 22.1 Å². The third kappa shape index (κ3) is 7.52. The normalized spacial score (nSPS) is 28.9. The van der Waals surface area contributed by atoms with Gasteiger partial charge in [-0.1, -0.05) is 32.4 Å². The Labute approximate surface area is 324 Å². The zero-order valence-corrected chi connectivity index (χ0v) is 32.6. The molecule has 4 amide bonds. The Morgan fingerprint density at radius 1 is 1.16 bits per heavy atom. The molecule has 3 aromatic rings. The average Bonchev–Trinajstić information content (AvgIpc) is 3.92. The van der Waals surface area contributed by atoms with Gasteiger partial charge in [0, 0.05) is 34.9 Å². The third-order valence-electron chi connectivity index (χ3n) is 11.9. The quantitative estimate of drug-likeness (QED) is 0.225. The van der Waals surface area contributed by atoms with E-state index in [0.29, 0.717) is 59.9 Å². The van der Waals surface area contributed by atoms with Crippen molar-refractivity contribution in [3.05, 3.63) is 49.1 Å². The van der Waals surface area contributed by atoms with Crippen LogP contribution in [0.4, 0.5) is 4.79 Å². The molecule has 2 aliphatic heterocycles. The molecule has 3 fully saturated rings. The van der Waals surface area contributed by atoms with Crippen LogP contribution in [-0.2, 0) is 24.4 Å². The van der Waals surface area contributed by atoms with Crippen molar-refractivity contribution in [3.8, 4) is 23.0 Å². The first-order chi connectivity index (χ1) is 26.7. The van der Waals surface area contributed by atoms with Gasteiger partial charge in [0.15, 0.2) is 12.2 Å². The molecule has 4 N–H and O–H groups in total. The molecule has 300 valence electrons. The Bertz CT molecular complexity index is 2160. The number of ether oxygens (including phenoxy) is 2. The Morgan fingerprint density at radius 2 is 1.95 bits per heavy atom. The molecule has 0 unspecified atom stereocenters. The number of rotatable bonds is 9. The molecule has 0 bridgehead atoms. The van der Waals surface area contributed by atoms with Crippen molar-refractivity contribution in [3.63, 3.8) is 0 Å². The van der Waals surface area contributed by atoms with Gasteiger partial charge < -0.3 is 34.5 Å². The van der Waals surface area contributed by atoms with Gasteiger partial charge in [-0.25, -0.2) is 23.2 Å². The van der Waals surface area contributed by atoms with E-state index in [1.807, 2.05) is 26.0 Å². The monoisotopic (exact) mass is 792 g/mol. The van der Waals surface area contributed by atoms with Crippen molar-refractivity contribution >= 4 is 44.6 Å². The number of amides is 4. The molecule has 2 aliphatic carbocycles. The van der Waals surface area contributed by atoms with E-state index in [-0.39, 0.29) is 37.1 Å². The molecule has 1 saturated heterocycles. The first-order valence-corrected chi connectivity index (χ1v) is 20.5. The van der Waals surface area contributed by atoms with Gasteiger partial charge >= 0.3 is 6.09 Å². The summed E-state index contributed by atoms with van der Waals surface area (Å²) >= 11 is 0. The van der Waals surface area contributed by atoms with Crippen LogP contribution in [-0.4, -0.2) is 94.3 Å². The Kier molecular flexibility index (Phi) is 10.5. The van der Waals surface area contributed by atoms with Crippen LogP contribution in [0.5, 0.6) is 11.6 Å². The average molecular weight is 793 g/mol. The maximum Gasteiger partial charge on any atom is 0.405 e. The predicted molar refractivity (Wildman–Crippen MR) is 203 cm³/mol. The lowest BCUT2D eigenvalue weighted by Gasteiger charge is -2.33. The maximum atomic E-state index is 14.6. The van der Waals surface area contributed by atoms with E-state index in [4.69, 9.17) is 13.9 Å². The number of hydrogen-bond acceptors (Lipinski definition) is 11. The number of nitrogens with zero attached hydrogens (tertiary/aromatic N) is 3. The lowest BCUT2D eigenvalue weighted by Crippen LogP contribution is -2.59. The summed E-state index contributed by atoms with van der Waals surface area (Å²) in [6.45, 7) is 5.42. The van der Waals surface area contributed by atoms with Gasteiger partial charge in [0.1, 0.15) is 29.5 Å². The number of carboxylic acid groups (broad SMARTS) is 1. The van der Waals surface area contributed by atoms with Crippen LogP contribution in [0.15, 0.2) is 53.6 Å². The molecule has 16 nitrogen and oxygen atoms in total. The second-order valence-electron chi connectivity index (χ2n) is 15.8. The molecular weight excluding hydrogens is 745 g/mol. The second kappa shape index (κ2) is 15.0. The molecule has 7 atom stereocenters. The van der Waals surface area contributed by atoms with Gasteiger partial charge in [-0.15, -0.1) is 0 Å². The summed E-state index contributed by atoms with van der Waals surface area (Å²) in [5, 5.41) is 16.5. The lowest BCUT2D eigenvalue weighted by atomic mass is 9.85. The van der Waals surface area contributed by atoms with Gasteiger partial charge in [-0.2, -0.15) is 0 Å². The smallest absolute Gasteiger partial charge is 0.405 e. The molecule has 1 aromatic carbocycles. The number of sulfonamides is 1. The van der Waals surface area contributed by atoms with E-state index in [0.717, 1.165) is 6.42 Å². The number of methoxy groups -OCH3 is 1. The van der Waals surface area contributed by atoms with Crippen molar-refractivity contribution in [2.24, 2.45) is 17.8 Å². The number of allylic oxidation sites excluding steroid dienone is 1. The topological polar surface area (TPSA) is 219 Å². The summed E-state index contributed by atoms with van der Waals surface area (Å²) < 4.78 is 45.1. The SMILES string of the molecule is CC[C@@H]1C[C@H](C)CCC=C[C@@H]2C[C@@]2(C(=O)NS(=O)(=O)C2(C)CC2)NC(=O)[C@@H]2C[C@@H](Oc3ncc(-c4cnco4)c4cc(OC)ccc34)CN2C(=O)[C@H]1NC(=O)O. The second-order valence-corrected chi connectivity index (χ2v) is 18.0. The molecule has 4 heterocycles. The summed E-state index contributed by atoms with van der Waals surface area (Å²) in [5.41, 5.74) is -0.933. The lowest BCUT2D eigenvalue weighted by molar-refractivity contribution is -0.142. The molecule has 0 spiro atoms. The van der Waals surface area contributed by atoms with Crippen LogP contribution >= 0.6 is 0 Å². The van der Waals surface area contributed by atoms with Crippen molar-refractivity contribution in [2.45, 2.75) is 101 Å². The first kappa shape index (κ1) is 39.1. The molecule has 56 heavy (non-hydrogen) atoms. The summed E-state index contributed by atoms with van der Waals surface area (Å²) in [6.07, 6.45) is 9.46. The fourth-order valence-electron chi connectivity index (χ4n) is 8.07. The summed E-state index contributed by atoms with van der Waals surface area (Å²) in [7, 11) is -2.48. The highest BCUT2D eigenvalue weighted by atomic mass is 32.2. The first-order valence-electron chi connectivity index (χ1n) is 19.1. The van der Waals surface area contributed by atoms with E-state index in [9.17, 15) is 32.7 Å². The highest BCUT2D eigenvalue weighted by molar-refractivity contribution is 7.91. The number of nitrogens with one attached hydrogen (secondary N) is 3. The standard InChI is InChI=1S/C39H48N6O10S/c1-5-23-14-22(2)8-6-7-9-24-17-39(24,36(48)44-56(51,52)38(3)12-13-38)43-33(46)30-16-26(20-45(30)35(47)32(23)42-37(49)50)55-34-27-11-10-25(53-4)15-28(27)29(18-41-34)31-19-40-21-54-31/h7,9-11,15,18-19,21-24,26,30,32,42H,5-6,8,12-14,16-17,20H2,1-4H3,(H,43,46)(H,44,48)(H,49,50)/t22-,23-,24-,26-,30+,32+,39-/m1/s1. The van der Waals surface area contributed by atoms with Gasteiger partial charge in [0.2, 0.25) is 27.7 Å². The molecule has 2 saturated carbocycles. The van der Waals surface area contributed by atoms with Crippen molar-refractivity contribution in [2.75, 3.05) is 13.7 Å².